The van der Waals surface area contributed by atoms with Crippen molar-refractivity contribution < 1.29 is 4.79 Å². The predicted octanol–water partition coefficient (Wildman–Crippen LogP) is 3.01. The number of aryl methyl sites for hydroxylation is 1. The van der Waals surface area contributed by atoms with Crippen LogP contribution in [0.2, 0.25) is 0 Å². The molecule has 1 aromatic rings. The molecular formula is C14H19NO. The molecule has 2 nitrogen and oxygen atoms in total. The number of nitrogens with zero attached hydrogens (tertiary/aromatic N) is 1. The molecule has 0 heterocycles. The van der Waals surface area contributed by atoms with Gasteiger partial charge in [-0.05, 0) is 31.4 Å². The number of amides is 1. The van der Waals surface area contributed by atoms with E-state index in [0.29, 0.717) is 6.04 Å². The Labute approximate surface area is 97.3 Å². The van der Waals surface area contributed by atoms with E-state index in [2.05, 4.69) is 0 Å². The second kappa shape index (κ2) is 4.69. The Morgan fingerprint density at radius 2 is 1.88 bits per heavy atom. The van der Waals surface area contributed by atoms with E-state index in [1.807, 2.05) is 43.1 Å². The standard InChI is InChI=1S/C14H19NO/c1-11-7-3-6-10-13(11)14(16)15(2)12-8-4-5-9-12/h3,6-7,10,12H,4-5,8-9H2,1-2H3. The van der Waals surface area contributed by atoms with Crippen LogP contribution in [0.3, 0.4) is 0 Å². The van der Waals surface area contributed by atoms with Crippen LogP contribution in [0.5, 0.6) is 0 Å². The summed E-state index contributed by atoms with van der Waals surface area (Å²) in [7, 11) is 1.94. The molecule has 0 aliphatic heterocycles. The van der Waals surface area contributed by atoms with Crippen LogP contribution in [0.15, 0.2) is 24.3 Å². The average molecular weight is 217 g/mol. The smallest absolute Gasteiger partial charge is 0.254 e. The van der Waals surface area contributed by atoms with E-state index < -0.39 is 0 Å². The lowest BCUT2D eigenvalue weighted by molar-refractivity contribution is 0.0734. The van der Waals surface area contributed by atoms with Crippen LogP contribution in [0.1, 0.15) is 41.6 Å². The number of hydrogen-bond acceptors (Lipinski definition) is 1. The van der Waals surface area contributed by atoms with E-state index in [4.69, 9.17) is 0 Å². The van der Waals surface area contributed by atoms with Crippen molar-refractivity contribution in [1.29, 1.82) is 0 Å². The topological polar surface area (TPSA) is 20.3 Å². The van der Waals surface area contributed by atoms with Gasteiger partial charge in [-0.25, -0.2) is 0 Å². The fourth-order valence-electron chi connectivity index (χ4n) is 2.46. The quantitative estimate of drug-likeness (QED) is 0.745. The summed E-state index contributed by atoms with van der Waals surface area (Å²) in [6.45, 7) is 2.00. The van der Waals surface area contributed by atoms with Crippen LogP contribution in [0, 0.1) is 6.92 Å². The van der Waals surface area contributed by atoms with Crippen LogP contribution in [-0.2, 0) is 0 Å². The highest BCUT2D eigenvalue weighted by Crippen LogP contribution is 2.24. The van der Waals surface area contributed by atoms with Crippen LogP contribution < -0.4 is 0 Å². The Morgan fingerprint density at radius 1 is 1.25 bits per heavy atom. The molecule has 0 saturated heterocycles. The summed E-state index contributed by atoms with van der Waals surface area (Å²) < 4.78 is 0. The summed E-state index contributed by atoms with van der Waals surface area (Å²) in [5.41, 5.74) is 1.91. The molecule has 1 amide bonds. The molecule has 2 heteroatoms. The molecule has 1 saturated carbocycles. The number of carbonyl (C=O) groups is 1. The maximum atomic E-state index is 12.3. The fraction of sp³-hybridized carbons (Fsp3) is 0.500. The highest BCUT2D eigenvalue weighted by atomic mass is 16.2. The lowest BCUT2D eigenvalue weighted by atomic mass is 10.1. The molecule has 1 aliphatic rings. The van der Waals surface area contributed by atoms with E-state index in [1.165, 1.54) is 12.8 Å². The van der Waals surface area contributed by atoms with Gasteiger partial charge in [0, 0.05) is 18.7 Å². The highest BCUT2D eigenvalue weighted by Gasteiger charge is 2.24. The van der Waals surface area contributed by atoms with E-state index in [1.54, 1.807) is 0 Å². The van der Waals surface area contributed by atoms with Gasteiger partial charge >= 0.3 is 0 Å². The SMILES string of the molecule is Cc1ccccc1C(=O)N(C)C1CCCC1. The molecule has 0 spiro atoms. The minimum Gasteiger partial charge on any atom is -0.339 e. The molecule has 0 bridgehead atoms. The van der Waals surface area contributed by atoms with Crippen LogP contribution in [0.25, 0.3) is 0 Å². The van der Waals surface area contributed by atoms with E-state index in [-0.39, 0.29) is 5.91 Å². The summed E-state index contributed by atoms with van der Waals surface area (Å²) >= 11 is 0. The van der Waals surface area contributed by atoms with Crippen molar-refractivity contribution in [2.75, 3.05) is 7.05 Å². The monoisotopic (exact) mass is 217 g/mol. The first-order valence-corrected chi connectivity index (χ1v) is 6.03. The number of benzene rings is 1. The Balaban J connectivity index is 2.15. The van der Waals surface area contributed by atoms with Gasteiger partial charge in [-0.3, -0.25) is 4.79 Å². The van der Waals surface area contributed by atoms with Gasteiger partial charge in [0.15, 0.2) is 0 Å². The van der Waals surface area contributed by atoms with Gasteiger partial charge in [0.05, 0.1) is 0 Å². The normalized spacial score (nSPS) is 16.4. The lowest BCUT2D eigenvalue weighted by Gasteiger charge is -2.25. The molecule has 1 fully saturated rings. The fourth-order valence-corrected chi connectivity index (χ4v) is 2.46. The first-order valence-electron chi connectivity index (χ1n) is 6.03. The summed E-state index contributed by atoms with van der Waals surface area (Å²) in [5.74, 6) is 0.171. The van der Waals surface area contributed by atoms with E-state index in [9.17, 15) is 4.79 Å². The minimum atomic E-state index is 0.171. The summed E-state index contributed by atoms with van der Waals surface area (Å²) in [4.78, 5) is 14.2. The van der Waals surface area contributed by atoms with Gasteiger partial charge in [-0.15, -0.1) is 0 Å². The van der Waals surface area contributed by atoms with Gasteiger partial charge in [0.25, 0.3) is 5.91 Å². The zero-order chi connectivity index (χ0) is 11.5. The Kier molecular flexibility index (Phi) is 3.28. The summed E-state index contributed by atoms with van der Waals surface area (Å²) in [6.07, 6.45) is 4.84. The highest BCUT2D eigenvalue weighted by molar-refractivity contribution is 5.95. The van der Waals surface area contributed by atoms with E-state index in [0.717, 1.165) is 24.0 Å². The van der Waals surface area contributed by atoms with Gasteiger partial charge in [0.1, 0.15) is 0 Å². The number of carbonyl (C=O) groups excluding carboxylic acids is 1. The van der Waals surface area contributed by atoms with Gasteiger partial charge < -0.3 is 4.90 Å². The first kappa shape index (κ1) is 11.2. The van der Waals surface area contributed by atoms with Crippen molar-refractivity contribution in [3.05, 3.63) is 35.4 Å². The van der Waals surface area contributed by atoms with Crippen molar-refractivity contribution in [2.24, 2.45) is 0 Å². The molecule has 1 aromatic carbocycles. The summed E-state index contributed by atoms with van der Waals surface area (Å²) in [6, 6.07) is 8.27. The molecular weight excluding hydrogens is 198 g/mol. The number of hydrogen-bond donors (Lipinski definition) is 0. The predicted molar refractivity (Wildman–Crippen MR) is 65.5 cm³/mol. The third-order valence-electron chi connectivity index (χ3n) is 3.57. The zero-order valence-electron chi connectivity index (χ0n) is 10.1. The molecule has 1 aliphatic carbocycles. The van der Waals surface area contributed by atoms with Crippen molar-refractivity contribution in [3.63, 3.8) is 0 Å². The molecule has 0 aromatic heterocycles. The Hall–Kier alpha value is -1.31. The third-order valence-corrected chi connectivity index (χ3v) is 3.57. The van der Waals surface area contributed by atoms with Crippen molar-refractivity contribution in [2.45, 2.75) is 38.6 Å². The molecule has 86 valence electrons. The third kappa shape index (κ3) is 2.11. The second-order valence-corrected chi connectivity index (χ2v) is 4.67. The number of rotatable bonds is 2. The Bertz CT molecular complexity index is 380. The van der Waals surface area contributed by atoms with Gasteiger partial charge in [0.2, 0.25) is 0 Å². The molecule has 16 heavy (non-hydrogen) atoms. The van der Waals surface area contributed by atoms with Crippen molar-refractivity contribution >= 4 is 5.91 Å². The summed E-state index contributed by atoms with van der Waals surface area (Å²) in [5, 5.41) is 0. The largest absolute Gasteiger partial charge is 0.339 e. The Morgan fingerprint density at radius 3 is 2.50 bits per heavy atom. The lowest BCUT2D eigenvalue weighted by Crippen LogP contribution is -2.35. The molecule has 2 rings (SSSR count). The van der Waals surface area contributed by atoms with Crippen LogP contribution >= 0.6 is 0 Å². The molecule has 0 atom stereocenters. The minimum absolute atomic E-state index is 0.171. The molecule has 0 N–H and O–H groups in total. The van der Waals surface area contributed by atoms with Crippen LogP contribution in [0.4, 0.5) is 0 Å². The van der Waals surface area contributed by atoms with E-state index >= 15 is 0 Å². The molecule has 0 radical (unpaired) electrons. The van der Waals surface area contributed by atoms with Crippen molar-refractivity contribution in [1.82, 2.24) is 4.90 Å². The maximum Gasteiger partial charge on any atom is 0.254 e. The van der Waals surface area contributed by atoms with Gasteiger partial charge in [-0.2, -0.15) is 0 Å². The second-order valence-electron chi connectivity index (χ2n) is 4.67. The van der Waals surface area contributed by atoms with Crippen molar-refractivity contribution in [3.8, 4) is 0 Å². The van der Waals surface area contributed by atoms with Gasteiger partial charge in [-0.1, -0.05) is 31.0 Å². The maximum absolute atomic E-state index is 12.3. The zero-order valence-corrected chi connectivity index (χ0v) is 10.1. The van der Waals surface area contributed by atoms with Crippen LogP contribution in [-0.4, -0.2) is 23.9 Å². The first-order chi connectivity index (χ1) is 7.70. The molecule has 0 unspecified atom stereocenters. The average Bonchev–Trinajstić information content (AvgIpc) is 2.81.